The van der Waals surface area contributed by atoms with E-state index in [4.69, 9.17) is 0 Å². The number of benzene rings is 1. The zero-order valence-electron chi connectivity index (χ0n) is 13.0. The van der Waals surface area contributed by atoms with E-state index in [0.717, 1.165) is 18.5 Å². The van der Waals surface area contributed by atoms with Gasteiger partial charge in [-0.2, -0.15) is 0 Å². The molecular weight excluding hydrogens is 244 g/mol. The number of hydrogen-bond acceptors (Lipinski definition) is 2. The van der Waals surface area contributed by atoms with Crippen LogP contribution in [0.1, 0.15) is 50.2 Å². The molecule has 20 heavy (non-hydrogen) atoms. The summed E-state index contributed by atoms with van der Waals surface area (Å²) in [6.45, 7) is 8.05. The van der Waals surface area contributed by atoms with E-state index in [0.29, 0.717) is 0 Å². The normalized spacial score (nSPS) is 23.1. The van der Waals surface area contributed by atoms with Crippen molar-refractivity contribution in [3.05, 3.63) is 29.3 Å². The molecule has 3 rings (SSSR count). The second-order valence-corrected chi connectivity index (χ2v) is 6.65. The lowest BCUT2D eigenvalue weighted by atomic mass is 9.94. The Morgan fingerprint density at radius 2 is 2.10 bits per heavy atom. The summed E-state index contributed by atoms with van der Waals surface area (Å²) in [7, 11) is 0. The molecule has 1 aromatic rings. The fourth-order valence-electron chi connectivity index (χ4n) is 3.32. The van der Waals surface area contributed by atoms with Gasteiger partial charge in [0.15, 0.2) is 0 Å². The topological polar surface area (TPSA) is 15.3 Å². The maximum absolute atomic E-state index is 3.68. The lowest BCUT2D eigenvalue weighted by Crippen LogP contribution is -2.36. The summed E-state index contributed by atoms with van der Waals surface area (Å²) in [6, 6.07) is 7.77. The number of anilines is 1. The summed E-state index contributed by atoms with van der Waals surface area (Å²) in [5.74, 6) is 0.884. The largest absolute Gasteiger partial charge is 0.371 e. The van der Waals surface area contributed by atoms with E-state index in [1.165, 1.54) is 62.0 Å². The minimum Gasteiger partial charge on any atom is -0.371 e. The Balaban J connectivity index is 1.75. The molecule has 2 nitrogen and oxygen atoms in total. The summed E-state index contributed by atoms with van der Waals surface area (Å²) in [5, 5.41) is 3.68. The van der Waals surface area contributed by atoms with Gasteiger partial charge in [0.2, 0.25) is 0 Å². The van der Waals surface area contributed by atoms with Gasteiger partial charge in [-0.15, -0.1) is 0 Å². The van der Waals surface area contributed by atoms with Crippen LogP contribution < -0.4 is 10.2 Å². The lowest BCUT2D eigenvalue weighted by Gasteiger charge is -2.35. The predicted molar refractivity (Wildman–Crippen MR) is 86.3 cm³/mol. The lowest BCUT2D eigenvalue weighted by molar-refractivity contribution is 0.404. The van der Waals surface area contributed by atoms with Crippen LogP contribution in [0.25, 0.3) is 0 Å². The van der Waals surface area contributed by atoms with Crippen molar-refractivity contribution < 1.29 is 0 Å². The van der Waals surface area contributed by atoms with Crippen LogP contribution in [0.2, 0.25) is 0 Å². The zero-order chi connectivity index (χ0) is 13.9. The Bertz CT molecular complexity index is 451. The second kappa shape index (κ2) is 6.17. The number of aryl methyl sites for hydroxylation is 1. The molecule has 1 saturated heterocycles. The quantitative estimate of drug-likeness (QED) is 0.875. The first kappa shape index (κ1) is 13.9. The van der Waals surface area contributed by atoms with Crippen LogP contribution >= 0.6 is 0 Å². The van der Waals surface area contributed by atoms with Gasteiger partial charge in [0.25, 0.3) is 0 Å². The van der Waals surface area contributed by atoms with Gasteiger partial charge in [-0.05, 0) is 50.2 Å². The molecule has 1 N–H and O–H groups in total. The molecule has 0 aromatic heterocycles. The maximum Gasteiger partial charge on any atom is 0.0412 e. The van der Waals surface area contributed by atoms with Gasteiger partial charge in [0.1, 0.15) is 0 Å². The summed E-state index contributed by atoms with van der Waals surface area (Å²) < 4.78 is 0. The van der Waals surface area contributed by atoms with Crippen LogP contribution in [0.5, 0.6) is 0 Å². The third-order valence-corrected chi connectivity index (χ3v) is 4.83. The third kappa shape index (κ3) is 3.35. The van der Waals surface area contributed by atoms with E-state index in [1.807, 2.05) is 0 Å². The average Bonchev–Trinajstić information content (AvgIpc) is 3.29. The number of piperidine rings is 1. The van der Waals surface area contributed by atoms with Crippen LogP contribution in [0.3, 0.4) is 0 Å². The second-order valence-electron chi connectivity index (χ2n) is 6.65. The van der Waals surface area contributed by atoms with Gasteiger partial charge in [-0.25, -0.2) is 0 Å². The van der Waals surface area contributed by atoms with Gasteiger partial charge in [0, 0.05) is 31.4 Å². The van der Waals surface area contributed by atoms with Gasteiger partial charge in [-0.3, -0.25) is 0 Å². The Labute approximate surface area is 123 Å². The summed E-state index contributed by atoms with van der Waals surface area (Å²) >= 11 is 0. The highest BCUT2D eigenvalue weighted by molar-refractivity contribution is 5.55. The van der Waals surface area contributed by atoms with Gasteiger partial charge >= 0.3 is 0 Å². The maximum atomic E-state index is 3.68. The molecule has 2 fully saturated rings. The fraction of sp³-hybridized carbons (Fsp3) is 0.667. The molecule has 1 heterocycles. The van der Waals surface area contributed by atoms with Crippen molar-refractivity contribution in [3.8, 4) is 0 Å². The van der Waals surface area contributed by atoms with E-state index in [1.54, 1.807) is 0 Å². The molecule has 0 spiro atoms. The number of nitrogens with zero attached hydrogens (tertiary/aromatic N) is 1. The number of nitrogens with one attached hydrogen (secondary N) is 1. The van der Waals surface area contributed by atoms with Gasteiger partial charge < -0.3 is 10.2 Å². The summed E-state index contributed by atoms with van der Waals surface area (Å²) in [6.07, 6.45) is 6.81. The van der Waals surface area contributed by atoms with Crippen molar-refractivity contribution in [3.63, 3.8) is 0 Å². The molecule has 2 aliphatic rings. The van der Waals surface area contributed by atoms with Crippen LogP contribution in [0.15, 0.2) is 18.2 Å². The highest BCUT2D eigenvalue weighted by Crippen LogP contribution is 2.29. The molecular formula is C18H28N2. The van der Waals surface area contributed by atoms with Crippen LogP contribution in [-0.4, -0.2) is 19.1 Å². The van der Waals surface area contributed by atoms with Gasteiger partial charge in [-0.1, -0.05) is 31.0 Å². The van der Waals surface area contributed by atoms with E-state index >= 15 is 0 Å². The van der Waals surface area contributed by atoms with E-state index in [2.05, 4.69) is 42.3 Å². The van der Waals surface area contributed by atoms with Crippen molar-refractivity contribution in [1.29, 1.82) is 0 Å². The molecule has 1 aliphatic carbocycles. The smallest absolute Gasteiger partial charge is 0.0412 e. The highest BCUT2D eigenvalue weighted by atomic mass is 15.1. The Morgan fingerprint density at radius 3 is 2.85 bits per heavy atom. The minimum absolute atomic E-state index is 0.785. The minimum atomic E-state index is 0.785. The van der Waals surface area contributed by atoms with Gasteiger partial charge in [0.05, 0.1) is 0 Å². The van der Waals surface area contributed by atoms with E-state index < -0.39 is 0 Å². The highest BCUT2D eigenvalue weighted by Gasteiger charge is 2.23. The van der Waals surface area contributed by atoms with Crippen molar-refractivity contribution in [1.82, 2.24) is 5.32 Å². The number of rotatable bonds is 5. The molecule has 1 atom stereocenters. The van der Waals surface area contributed by atoms with E-state index in [-0.39, 0.29) is 0 Å². The average molecular weight is 272 g/mol. The van der Waals surface area contributed by atoms with Crippen LogP contribution in [0, 0.1) is 12.8 Å². The zero-order valence-corrected chi connectivity index (χ0v) is 13.0. The molecule has 0 bridgehead atoms. The first-order valence-corrected chi connectivity index (χ1v) is 8.34. The fourth-order valence-corrected chi connectivity index (χ4v) is 3.32. The first-order valence-electron chi connectivity index (χ1n) is 8.34. The molecule has 1 saturated carbocycles. The molecule has 1 unspecified atom stereocenters. The van der Waals surface area contributed by atoms with E-state index in [9.17, 15) is 0 Å². The predicted octanol–water partition coefficient (Wildman–Crippen LogP) is 3.87. The first-order chi connectivity index (χ1) is 9.76. The van der Waals surface area contributed by atoms with Crippen molar-refractivity contribution in [2.45, 2.75) is 58.5 Å². The summed E-state index contributed by atoms with van der Waals surface area (Å²) in [5.41, 5.74) is 4.35. The molecule has 0 radical (unpaired) electrons. The standard InChI is InChI=1S/C18H28N2/c1-3-15-5-4-10-20(13-15)18-9-6-14(2)11-16(18)12-19-17-7-8-17/h6,9,11,15,17,19H,3-5,7-8,10,12-13H2,1-2H3. The molecule has 1 aromatic carbocycles. The molecule has 2 heteroatoms. The van der Waals surface area contributed by atoms with Crippen LogP contribution in [-0.2, 0) is 6.54 Å². The molecule has 110 valence electrons. The Morgan fingerprint density at radius 1 is 1.25 bits per heavy atom. The van der Waals surface area contributed by atoms with Crippen LogP contribution in [0.4, 0.5) is 5.69 Å². The Hall–Kier alpha value is -1.02. The van der Waals surface area contributed by atoms with Crippen molar-refractivity contribution >= 4 is 5.69 Å². The third-order valence-electron chi connectivity index (χ3n) is 4.83. The monoisotopic (exact) mass is 272 g/mol. The molecule has 1 aliphatic heterocycles. The number of hydrogen-bond donors (Lipinski definition) is 1. The SMILES string of the molecule is CCC1CCCN(c2ccc(C)cc2CNC2CC2)C1. The summed E-state index contributed by atoms with van der Waals surface area (Å²) in [4.78, 5) is 2.63. The molecule has 0 amide bonds. The van der Waals surface area contributed by atoms with Crippen molar-refractivity contribution in [2.24, 2.45) is 5.92 Å². The Kier molecular flexibility index (Phi) is 4.30. The van der Waals surface area contributed by atoms with Crippen molar-refractivity contribution in [2.75, 3.05) is 18.0 Å².